The van der Waals surface area contributed by atoms with Crippen molar-refractivity contribution in [3.63, 3.8) is 0 Å². The van der Waals surface area contributed by atoms with Crippen molar-refractivity contribution >= 4 is 11.6 Å². The van der Waals surface area contributed by atoms with Crippen molar-refractivity contribution in [1.29, 1.82) is 0 Å². The van der Waals surface area contributed by atoms with Crippen LogP contribution in [-0.4, -0.2) is 29.7 Å². The van der Waals surface area contributed by atoms with Crippen molar-refractivity contribution in [1.82, 2.24) is 4.90 Å². The molecule has 0 aliphatic carbocycles. The van der Waals surface area contributed by atoms with E-state index in [0.717, 1.165) is 37.0 Å². The van der Waals surface area contributed by atoms with Gasteiger partial charge in [-0.2, -0.15) is 0 Å². The molecule has 1 aliphatic heterocycles. The molecule has 17 heavy (non-hydrogen) atoms. The van der Waals surface area contributed by atoms with Crippen LogP contribution >= 0.6 is 11.6 Å². The van der Waals surface area contributed by atoms with Gasteiger partial charge in [-0.15, -0.1) is 0 Å². The third kappa shape index (κ3) is 3.98. The molecule has 0 radical (unpaired) electrons. The van der Waals surface area contributed by atoms with Crippen molar-refractivity contribution in [2.24, 2.45) is 5.92 Å². The fourth-order valence-corrected chi connectivity index (χ4v) is 2.59. The van der Waals surface area contributed by atoms with E-state index in [1.54, 1.807) is 0 Å². The molecule has 1 heterocycles. The van der Waals surface area contributed by atoms with E-state index in [4.69, 9.17) is 16.7 Å². The number of aliphatic hydroxyl groups is 1. The summed E-state index contributed by atoms with van der Waals surface area (Å²) in [7, 11) is 0. The summed E-state index contributed by atoms with van der Waals surface area (Å²) in [6, 6.07) is 8.11. The molecule has 1 aliphatic rings. The Labute approximate surface area is 108 Å². The van der Waals surface area contributed by atoms with Gasteiger partial charge >= 0.3 is 0 Å². The lowest BCUT2D eigenvalue weighted by atomic mass is 9.94. The minimum Gasteiger partial charge on any atom is -0.396 e. The van der Waals surface area contributed by atoms with Gasteiger partial charge < -0.3 is 5.11 Å². The summed E-state index contributed by atoms with van der Waals surface area (Å²) in [6.07, 6.45) is 3.40. The first kappa shape index (κ1) is 12.9. The average Bonchev–Trinajstić information content (AvgIpc) is 2.35. The Balaban J connectivity index is 1.79. The number of halogens is 1. The number of hydrogen-bond acceptors (Lipinski definition) is 2. The number of benzene rings is 1. The largest absolute Gasteiger partial charge is 0.396 e. The first-order valence-electron chi connectivity index (χ1n) is 6.35. The number of aliphatic hydroxyl groups excluding tert-OH is 1. The fourth-order valence-electron chi connectivity index (χ4n) is 2.46. The zero-order valence-electron chi connectivity index (χ0n) is 10.1. The number of nitrogens with zero attached hydrogens (tertiary/aromatic N) is 1. The molecule has 0 amide bonds. The van der Waals surface area contributed by atoms with Crippen LogP contribution < -0.4 is 0 Å². The van der Waals surface area contributed by atoms with E-state index in [0.29, 0.717) is 6.61 Å². The van der Waals surface area contributed by atoms with Crippen molar-refractivity contribution in [3.05, 3.63) is 34.9 Å². The highest BCUT2D eigenvalue weighted by atomic mass is 35.5. The van der Waals surface area contributed by atoms with Gasteiger partial charge in [0.2, 0.25) is 0 Å². The summed E-state index contributed by atoms with van der Waals surface area (Å²) in [5.74, 6) is 0.724. The van der Waals surface area contributed by atoms with Gasteiger partial charge in [0.05, 0.1) is 0 Å². The Bertz CT molecular complexity index is 331. The molecule has 3 heteroatoms. The van der Waals surface area contributed by atoms with Gasteiger partial charge in [-0.3, -0.25) is 4.90 Å². The van der Waals surface area contributed by atoms with E-state index < -0.39 is 0 Å². The predicted octanol–water partition coefficient (Wildman–Crippen LogP) is 2.93. The van der Waals surface area contributed by atoms with E-state index in [1.807, 2.05) is 12.1 Å². The molecule has 1 aromatic carbocycles. The summed E-state index contributed by atoms with van der Waals surface area (Å²) in [6.45, 7) is 3.64. The highest BCUT2D eigenvalue weighted by Crippen LogP contribution is 2.21. The molecule has 0 spiro atoms. The molecule has 0 atom stereocenters. The normalized spacial score (nSPS) is 18.5. The highest BCUT2D eigenvalue weighted by molar-refractivity contribution is 6.30. The van der Waals surface area contributed by atoms with Crippen LogP contribution in [0.25, 0.3) is 0 Å². The van der Waals surface area contributed by atoms with Gasteiger partial charge in [0.1, 0.15) is 0 Å². The van der Waals surface area contributed by atoms with Gasteiger partial charge in [0, 0.05) is 18.2 Å². The third-order valence-electron chi connectivity index (χ3n) is 3.56. The summed E-state index contributed by atoms with van der Waals surface area (Å²) in [5, 5.41) is 9.72. The molecule has 1 fully saturated rings. The van der Waals surface area contributed by atoms with Gasteiger partial charge in [-0.1, -0.05) is 23.7 Å². The molecule has 1 aromatic rings. The smallest absolute Gasteiger partial charge is 0.0433 e. The van der Waals surface area contributed by atoms with Crippen LogP contribution in [0.2, 0.25) is 5.02 Å². The second kappa shape index (κ2) is 6.39. The van der Waals surface area contributed by atoms with Crippen LogP contribution in [0.5, 0.6) is 0 Å². The summed E-state index contributed by atoms with van der Waals surface area (Å²) >= 11 is 5.87. The van der Waals surface area contributed by atoms with Crippen LogP contribution in [0.3, 0.4) is 0 Å². The molecular formula is C14H20ClNO. The summed E-state index contributed by atoms with van der Waals surface area (Å²) < 4.78 is 0. The maximum atomic E-state index is 8.92. The first-order valence-corrected chi connectivity index (χ1v) is 6.73. The maximum Gasteiger partial charge on any atom is 0.0433 e. The number of likely N-dealkylation sites (tertiary alicyclic amines) is 1. The van der Waals surface area contributed by atoms with Crippen molar-refractivity contribution in [3.8, 4) is 0 Å². The molecule has 0 aromatic heterocycles. The minimum absolute atomic E-state index is 0.335. The number of piperidine rings is 1. The van der Waals surface area contributed by atoms with Crippen molar-refractivity contribution < 1.29 is 5.11 Å². The van der Waals surface area contributed by atoms with Gasteiger partial charge in [-0.25, -0.2) is 0 Å². The third-order valence-corrected chi connectivity index (χ3v) is 3.82. The molecule has 0 unspecified atom stereocenters. The second-order valence-corrected chi connectivity index (χ2v) is 5.29. The summed E-state index contributed by atoms with van der Waals surface area (Å²) in [5.41, 5.74) is 1.33. The minimum atomic E-state index is 0.335. The average molecular weight is 254 g/mol. The molecule has 0 saturated carbocycles. The Morgan fingerprint density at radius 3 is 2.41 bits per heavy atom. The quantitative estimate of drug-likeness (QED) is 0.892. The Morgan fingerprint density at radius 2 is 1.82 bits per heavy atom. The SMILES string of the molecule is OCCC1CCN(Cc2ccc(Cl)cc2)CC1. The highest BCUT2D eigenvalue weighted by Gasteiger charge is 2.18. The van der Waals surface area contributed by atoms with Gasteiger partial charge in [-0.05, 0) is 56.0 Å². The molecule has 1 saturated heterocycles. The Hall–Kier alpha value is -0.570. The lowest BCUT2D eigenvalue weighted by Crippen LogP contribution is -2.33. The van der Waals surface area contributed by atoms with E-state index in [2.05, 4.69) is 17.0 Å². The van der Waals surface area contributed by atoms with E-state index in [1.165, 1.54) is 18.4 Å². The topological polar surface area (TPSA) is 23.5 Å². The van der Waals surface area contributed by atoms with Crippen molar-refractivity contribution in [2.45, 2.75) is 25.8 Å². The maximum absolute atomic E-state index is 8.92. The van der Waals surface area contributed by atoms with E-state index in [9.17, 15) is 0 Å². The van der Waals surface area contributed by atoms with Crippen LogP contribution in [0.15, 0.2) is 24.3 Å². The van der Waals surface area contributed by atoms with E-state index in [-0.39, 0.29) is 0 Å². The Kier molecular flexibility index (Phi) is 4.84. The molecule has 2 nitrogen and oxygen atoms in total. The zero-order valence-corrected chi connectivity index (χ0v) is 10.9. The monoisotopic (exact) mass is 253 g/mol. The standard InChI is InChI=1S/C14H20ClNO/c15-14-3-1-13(2-4-14)11-16-8-5-12(6-9-16)7-10-17/h1-4,12,17H,5-11H2. The van der Waals surface area contributed by atoms with Gasteiger partial charge in [0.15, 0.2) is 0 Å². The molecule has 2 rings (SSSR count). The second-order valence-electron chi connectivity index (χ2n) is 4.86. The van der Waals surface area contributed by atoms with Crippen LogP contribution in [0, 0.1) is 5.92 Å². The van der Waals surface area contributed by atoms with Crippen LogP contribution in [-0.2, 0) is 6.54 Å². The van der Waals surface area contributed by atoms with Crippen LogP contribution in [0.1, 0.15) is 24.8 Å². The molecule has 0 bridgehead atoms. The van der Waals surface area contributed by atoms with Crippen molar-refractivity contribution in [2.75, 3.05) is 19.7 Å². The number of hydrogen-bond donors (Lipinski definition) is 1. The van der Waals surface area contributed by atoms with Gasteiger partial charge in [0.25, 0.3) is 0 Å². The lowest BCUT2D eigenvalue weighted by molar-refractivity contribution is 0.153. The first-order chi connectivity index (χ1) is 8.28. The van der Waals surface area contributed by atoms with E-state index >= 15 is 0 Å². The Morgan fingerprint density at radius 1 is 1.18 bits per heavy atom. The summed E-state index contributed by atoms with van der Waals surface area (Å²) in [4.78, 5) is 2.48. The molecule has 94 valence electrons. The molecular weight excluding hydrogens is 234 g/mol. The predicted molar refractivity (Wildman–Crippen MR) is 71.2 cm³/mol. The lowest BCUT2D eigenvalue weighted by Gasteiger charge is -2.31. The zero-order chi connectivity index (χ0) is 12.1. The number of rotatable bonds is 4. The molecule has 1 N–H and O–H groups in total. The van der Waals surface area contributed by atoms with Crippen LogP contribution in [0.4, 0.5) is 0 Å². The fraction of sp³-hybridized carbons (Fsp3) is 0.571.